The fourth-order valence-electron chi connectivity index (χ4n) is 4.11. The third kappa shape index (κ3) is 6.75. The third-order valence-corrected chi connectivity index (χ3v) is 6.09. The van der Waals surface area contributed by atoms with Gasteiger partial charge >= 0.3 is 0 Å². The molecule has 2 unspecified atom stereocenters. The normalized spacial score (nSPS) is 24.7. The first kappa shape index (κ1) is 20.6. The Labute approximate surface area is 164 Å². The molecule has 2 saturated heterocycles. The molecule has 0 aromatic heterocycles. The summed E-state index contributed by atoms with van der Waals surface area (Å²) in [5.41, 5.74) is 1.30. The van der Waals surface area contributed by atoms with Crippen molar-refractivity contribution in [1.29, 1.82) is 0 Å². The Hall–Kier alpha value is -1.14. The largest absolute Gasteiger partial charge is 0.492 e. The van der Waals surface area contributed by atoms with Gasteiger partial charge in [-0.25, -0.2) is 0 Å². The molecule has 0 spiro atoms. The van der Waals surface area contributed by atoms with E-state index in [0.717, 1.165) is 70.5 Å². The Morgan fingerprint density at radius 1 is 1.19 bits per heavy atom. The highest BCUT2D eigenvalue weighted by molar-refractivity contribution is 5.28. The Morgan fingerprint density at radius 3 is 2.85 bits per heavy atom. The number of nitrogens with zero attached hydrogens (tertiary/aromatic N) is 1. The second kappa shape index (κ2) is 11.0. The van der Waals surface area contributed by atoms with Gasteiger partial charge in [-0.15, -0.1) is 0 Å². The van der Waals surface area contributed by atoms with Gasteiger partial charge in [0.05, 0.1) is 0 Å². The van der Waals surface area contributed by atoms with E-state index in [1.807, 2.05) is 0 Å². The summed E-state index contributed by atoms with van der Waals surface area (Å²) < 4.78 is 11.5. The summed E-state index contributed by atoms with van der Waals surface area (Å²) >= 11 is 0. The van der Waals surface area contributed by atoms with E-state index >= 15 is 0 Å². The minimum atomic E-state index is 0.595. The zero-order valence-corrected chi connectivity index (χ0v) is 17.1. The molecule has 0 aliphatic carbocycles. The summed E-state index contributed by atoms with van der Waals surface area (Å²) in [5.74, 6) is 1.70. The molecule has 152 valence electrons. The smallest absolute Gasteiger partial charge is 0.119 e. The zero-order valence-electron chi connectivity index (χ0n) is 17.1. The van der Waals surface area contributed by atoms with Gasteiger partial charge in [0.2, 0.25) is 0 Å². The zero-order chi connectivity index (χ0) is 18.9. The quantitative estimate of drug-likeness (QED) is 0.731. The molecular formula is C22H37N3O2. The number of likely N-dealkylation sites (N-methyl/N-ethyl adjacent to an activating group) is 1. The van der Waals surface area contributed by atoms with Crippen molar-refractivity contribution in [3.05, 3.63) is 29.8 Å². The molecule has 2 fully saturated rings. The first-order chi connectivity index (χ1) is 13.2. The van der Waals surface area contributed by atoms with Crippen molar-refractivity contribution in [2.24, 2.45) is 5.92 Å². The van der Waals surface area contributed by atoms with E-state index in [1.165, 1.54) is 18.4 Å². The van der Waals surface area contributed by atoms with E-state index in [4.69, 9.17) is 9.47 Å². The molecule has 0 amide bonds. The average molecular weight is 376 g/mol. The highest BCUT2D eigenvalue weighted by Gasteiger charge is 2.19. The lowest BCUT2D eigenvalue weighted by Gasteiger charge is -2.31. The van der Waals surface area contributed by atoms with Crippen molar-refractivity contribution >= 4 is 0 Å². The lowest BCUT2D eigenvalue weighted by atomic mass is 9.97. The molecule has 1 aromatic carbocycles. The topological polar surface area (TPSA) is 45.8 Å². The van der Waals surface area contributed by atoms with E-state index in [0.29, 0.717) is 12.1 Å². The monoisotopic (exact) mass is 375 g/mol. The van der Waals surface area contributed by atoms with Crippen LogP contribution in [0.4, 0.5) is 0 Å². The van der Waals surface area contributed by atoms with Crippen molar-refractivity contribution in [2.45, 2.75) is 51.2 Å². The minimum absolute atomic E-state index is 0.595. The van der Waals surface area contributed by atoms with E-state index in [2.05, 4.69) is 53.8 Å². The van der Waals surface area contributed by atoms with Gasteiger partial charge in [-0.1, -0.05) is 19.1 Å². The molecule has 5 nitrogen and oxygen atoms in total. The van der Waals surface area contributed by atoms with Crippen LogP contribution in [-0.4, -0.2) is 63.5 Å². The number of benzene rings is 1. The number of rotatable bonds is 8. The molecule has 2 atom stereocenters. The standard InChI is InChI=1S/C22H37N3O2/c1-18-6-10-23-11-7-22(18)24-17-19-4-3-5-21(16-19)27-15-12-25(2)20-8-13-26-14-9-20/h3-5,16,18,20,22-24H,6-15,17H2,1-2H3. The third-order valence-electron chi connectivity index (χ3n) is 6.09. The van der Waals surface area contributed by atoms with Crippen LogP contribution in [0, 0.1) is 5.92 Å². The highest BCUT2D eigenvalue weighted by atomic mass is 16.5. The van der Waals surface area contributed by atoms with Gasteiger partial charge < -0.3 is 20.1 Å². The van der Waals surface area contributed by atoms with Gasteiger partial charge in [-0.3, -0.25) is 4.90 Å². The molecule has 27 heavy (non-hydrogen) atoms. The second-order valence-corrected chi connectivity index (χ2v) is 8.11. The molecule has 2 N–H and O–H groups in total. The van der Waals surface area contributed by atoms with Gasteiger partial charge in [0.1, 0.15) is 12.4 Å². The lowest BCUT2D eigenvalue weighted by Crippen LogP contribution is -2.38. The molecule has 2 aliphatic heterocycles. The van der Waals surface area contributed by atoms with Crippen LogP contribution in [0.2, 0.25) is 0 Å². The van der Waals surface area contributed by atoms with E-state index < -0.39 is 0 Å². The Morgan fingerprint density at radius 2 is 2.00 bits per heavy atom. The molecule has 0 saturated carbocycles. The molecule has 3 rings (SSSR count). The molecule has 2 aliphatic rings. The molecule has 5 heteroatoms. The maximum absolute atomic E-state index is 6.03. The summed E-state index contributed by atoms with van der Waals surface area (Å²) in [7, 11) is 2.20. The molecule has 1 aromatic rings. The van der Waals surface area contributed by atoms with Crippen LogP contribution in [0.5, 0.6) is 5.75 Å². The van der Waals surface area contributed by atoms with Crippen LogP contribution in [0.1, 0.15) is 38.2 Å². The number of ether oxygens (including phenoxy) is 2. The maximum atomic E-state index is 6.03. The Kier molecular flexibility index (Phi) is 8.39. The lowest BCUT2D eigenvalue weighted by molar-refractivity contribution is 0.0392. The van der Waals surface area contributed by atoms with Gasteiger partial charge in [-0.2, -0.15) is 0 Å². The minimum Gasteiger partial charge on any atom is -0.492 e. The van der Waals surface area contributed by atoms with E-state index in [9.17, 15) is 0 Å². The average Bonchev–Trinajstić information content (AvgIpc) is 2.91. The Bertz CT molecular complexity index is 548. The molecular weight excluding hydrogens is 338 g/mol. The maximum Gasteiger partial charge on any atom is 0.119 e. The summed E-state index contributed by atoms with van der Waals surface area (Å²) in [4.78, 5) is 2.41. The number of hydrogen-bond acceptors (Lipinski definition) is 5. The fourth-order valence-corrected chi connectivity index (χ4v) is 4.11. The van der Waals surface area contributed by atoms with Crippen molar-refractivity contribution in [3.8, 4) is 5.75 Å². The van der Waals surface area contributed by atoms with E-state index in [-0.39, 0.29) is 0 Å². The van der Waals surface area contributed by atoms with Crippen LogP contribution in [0.15, 0.2) is 24.3 Å². The molecule has 2 heterocycles. The summed E-state index contributed by atoms with van der Waals surface area (Å²) in [6, 6.07) is 9.77. The van der Waals surface area contributed by atoms with Crippen LogP contribution >= 0.6 is 0 Å². The molecule has 0 radical (unpaired) electrons. The first-order valence-corrected chi connectivity index (χ1v) is 10.7. The highest BCUT2D eigenvalue weighted by Crippen LogP contribution is 2.17. The van der Waals surface area contributed by atoms with E-state index in [1.54, 1.807) is 0 Å². The van der Waals surface area contributed by atoms with Crippen LogP contribution in [0.3, 0.4) is 0 Å². The number of nitrogens with one attached hydrogen (secondary N) is 2. The van der Waals surface area contributed by atoms with Gasteiger partial charge in [0.25, 0.3) is 0 Å². The van der Waals surface area contributed by atoms with Crippen molar-refractivity contribution in [1.82, 2.24) is 15.5 Å². The first-order valence-electron chi connectivity index (χ1n) is 10.7. The van der Waals surface area contributed by atoms with Crippen LogP contribution in [0.25, 0.3) is 0 Å². The number of hydrogen-bond donors (Lipinski definition) is 2. The van der Waals surface area contributed by atoms with Gasteiger partial charge in [0, 0.05) is 38.4 Å². The van der Waals surface area contributed by atoms with Gasteiger partial charge in [-0.05, 0) is 69.4 Å². The molecule has 0 bridgehead atoms. The van der Waals surface area contributed by atoms with Crippen molar-refractivity contribution in [3.63, 3.8) is 0 Å². The van der Waals surface area contributed by atoms with Crippen molar-refractivity contribution < 1.29 is 9.47 Å². The van der Waals surface area contributed by atoms with Crippen LogP contribution < -0.4 is 15.4 Å². The summed E-state index contributed by atoms with van der Waals surface area (Å²) in [6.07, 6.45) is 4.72. The SMILES string of the molecule is CC1CCNCCC1NCc1cccc(OCCN(C)C2CCOCC2)c1. The fraction of sp³-hybridized carbons (Fsp3) is 0.727. The second-order valence-electron chi connectivity index (χ2n) is 8.11. The summed E-state index contributed by atoms with van der Waals surface area (Å²) in [6.45, 7) is 9.00. The van der Waals surface area contributed by atoms with Gasteiger partial charge in [0.15, 0.2) is 0 Å². The van der Waals surface area contributed by atoms with Crippen LogP contribution in [-0.2, 0) is 11.3 Å². The van der Waals surface area contributed by atoms with Crippen molar-refractivity contribution in [2.75, 3.05) is 46.5 Å². The predicted octanol–water partition coefficient (Wildman–Crippen LogP) is 2.65. The predicted molar refractivity (Wildman–Crippen MR) is 110 cm³/mol. The Balaban J connectivity index is 1.41. The summed E-state index contributed by atoms with van der Waals surface area (Å²) in [5, 5.41) is 7.26.